The minimum atomic E-state index is -1.06. The Morgan fingerprint density at radius 1 is 1.56 bits per heavy atom. The summed E-state index contributed by atoms with van der Waals surface area (Å²) in [4.78, 5) is 24.1. The number of hydrogen-bond donors (Lipinski definition) is 1. The Morgan fingerprint density at radius 2 is 2.28 bits per heavy atom. The summed E-state index contributed by atoms with van der Waals surface area (Å²) in [6.45, 7) is 0.418. The Morgan fingerprint density at radius 3 is 2.78 bits per heavy atom. The molecule has 0 bridgehead atoms. The van der Waals surface area contributed by atoms with Gasteiger partial charge in [0.15, 0.2) is 0 Å². The van der Waals surface area contributed by atoms with Crippen LogP contribution in [0.4, 0.5) is 5.69 Å². The van der Waals surface area contributed by atoms with Gasteiger partial charge in [-0.15, -0.1) is 12.3 Å². The lowest BCUT2D eigenvalue weighted by Crippen LogP contribution is -2.24. The number of carbonyl (C=O) groups is 2. The van der Waals surface area contributed by atoms with Crippen LogP contribution in [0, 0.1) is 18.3 Å². The predicted molar refractivity (Wildman–Crippen MR) is 67.7 cm³/mol. The molecule has 0 spiro atoms. The molecular weight excluding hydrogens is 254 g/mol. The number of hydrogen-bond acceptors (Lipinski definition) is 2. The molecule has 1 aromatic rings. The number of carboxylic acid groups (broad SMARTS) is 1. The van der Waals surface area contributed by atoms with E-state index in [1.807, 2.05) is 0 Å². The van der Waals surface area contributed by atoms with Crippen molar-refractivity contribution < 1.29 is 14.7 Å². The molecule has 0 aromatic heterocycles. The molecule has 2 rings (SSSR count). The summed E-state index contributed by atoms with van der Waals surface area (Å²) < 4.78 is 0. The van der Waals surface area contributed by atoms with Gasteiger partial charge in [-0.25, -0.2) is 4.79 Å². The second kappa shape index (κ2) is 4.71. The largest absolute Gasteiger partial charge is 0.478 e. The first kappa shape index (κ1) is 12.5. The average molecular weight is 264 g/mol. The van der Waals surface area contributed by atoms with E-state index in [4.69, 9.17) is 23.1 Å². The molecule has 18 heavy (non-hydrogen) atoms. The number of terminal acetylenes is 1. The van der Waals surface area contributed by atoms with E-state index in [0.717, 1.165) is 0 Å². The highest BCUT2D eigenvalue weighted by atomic mass is 35.5. The molecule has 5 heteroatoms. The van der Waals surface area contributed by atoms with Crippen LogP contribution in [0.3, 0.4) is 0 Å². The van der Waals surface area contributed by atoms with E-state index in [2.05, 4.69) is 5.92 Å². The van der Waals surface area contributed by atoms with E-state index in [1.54, 1.807) is 0 Å². The lowest BCUT2D eigenvalue weighted by molar-refractivity contribution is -0.117. The number of carbonyl (C=O) groups excluding carboxylic acids is 1. The van der Waals surface area contributed by atoms with Crippen molar-refractivity contribution in [2.24, 2.45) is 5.92 Å². The van der Waals surface area contributed by atoms with E-state index in [9.17, 15) is 9.59 Å². The van der Waals surface area contributed by atoms with Crippen molar-refractivity contribution in [3.05, 3.63) is 28.8 Å². The fourth-order valence-corrected chi connectivity index (χ4v) is 2.19. The van der Waals surface area contributed by atoms with Crippen molar-refractivity contribution >= 4 is 29.2 Å². The normalized spacial score (nSPS) is 18.8. The quantitative estimate of drug-likeness (QED) is 0.831. The second-order valence-corrected chi connectivity index (χ2v) is 4.45. The van der Waals surface area contributed by atoms with Crippen molar-refractivity contribution in [3.63, 3.8) is 0 Å². The molecule has 92 valence electrons. The molecule has 1 aliphatic heterocycles. The summed E-state index contributed by atoms with van der Waals surface area (Å²) in [5.74, 6) is 1.27. The fourth-order valence-electron chi connectivity index (χ4n) is 1.91. The summed E-state index contributed by atoms with van der Waals surface area (Å²) in [5, 5.41) is 9.07. The standard InChI is InChI=1S/C13H10ClNO3/c1-2-8-5-12(16)15(7-8)11-4-3-9(13(17)18)6-10(11)14/h1,3-4,6,8H,5,7H2,(H,17,18). The maximum absolute atomic E-state index is 11.8. The number of nitrogens with zero attached hydrogens (tertiary/aromatic N) is 1. The lowest BCUT2D eigenvalue weighted by atomic mass is 10.1. The highest BCUT2D eigenvalue weighted by Gasteiger charge is 2.30. The predicted octanol–water partition coefficient (Wildman–Crippen LogP) is 2.02. The molecule has 1 fully saturated rings. The molecule has 1 saturated heterocycles. The van der Waals surface area contributed by atoms with Crippen LogP contribution in [0.2, 0.25) is 5.02 Å². The van der Waals surface area contributed by atoms with Gasteiger partial charge in [-0.05, 0) is 18.2 Å². The third-order valence-corrected chi connectivity index (χ3v) is 3.15. The van der Waals surface area contributed by atoms with E-state index < -0.39 is 5.97 Å². The van der Waals surface area contributed by atoms with Gasteiger partial charge in [0.25, 0.3) is 0 Å². The monoisotopic (exact) mass is 263 g/mol. The first-order valence-corrected chi connectivity index (χ1v) is 5.70. The van der Waals surface area contributed by atoms with Crippen molar-refractivity contribution in [1.29, 1.82) is 0 Å². The van der Waals surface area contributed by atoms with E-state index in [1.165, 1.54) is 23.1 Å². The summed E-state index contributed by atoms with van der Waals surface area (Å²) in [6, 6.07) is 4.28. The van der Waals surface area contributed by atoms with Crippen molar-refractivity contribution in [1.82, 2.24) is 0 Å². The van der Waals surface area contributed by atoms with Gasteiger partial charge in [-0.2, -0.15) is 0 Å². The molecule has 1 amide bonds. The van der Waals surface area contributed by atoms with Gasteiger partial charge in [0.05, 0.1) is 16.3 Å². The molecular formula is C13H10ClNO3. The smallest absolute Gasteiger partial charge is 0.335 e. The Balaban J connectivity index is 2.33. The molecule has 0 aliphatic carbocycles. The topological polar surface area (TPSA) is 57.6 Å². The Hall–Kier alpha value is -1.99. The Labute approximate surface area is 109 Å². The van der Waals surface area contributed by atoms with Crippen LogP contribution in [0.15, 0.2) is 18.2 Å². The van der Waals surface area contributed by atoms with Gasteiger partial charge < -0.3 is 10.0 Å². The maximum Gasteiger partial charge on any atom is 0.335 e. The van der Waals surface area contributed by atoms with Crippen LogP contribution in [0.1, 0.15) is 16.8 Å². The maximum atomic E-state index is 11.8. The minimum absolute atomic E-state index is 0.0869. The zero-order chi connectivity index (χ0) is 13.3. The number of benzene rings is 1. The summed E-state index contributed by atoms with van der Waals surface area (Å²) >= 11 is 6.00. The van der Waals surface area contributed by atoms with Crippen molar-refractivity contribution in [2.45, 2.75) is 6.42 Å². The van der Waals surface area contributed by atoms with Crippen LogP contribution in [-0.4, -0.2) is 23.5 Å². The lowest BCUT2D eigenvalue weighted by Gasteiger charge is -2.17. The zero-order valence-electron chi connectivity index (χ0n) is 9.39. The summed E-state index contributed by atoms with van der Waals surface area (Å²) in [5.41, 5.74) is 0.591. The van der Waals surface area contributed by atoms with Crippen LogP contribution in [0.25, 0.3) is 0 Å². The second-order valence-electron chi connectivity index (χ2n) is 4.04. The van der Waals surface area contributed by atoms with Gasteiger partial charge >= 0.3 is 5.97 Å². The van der Waals surface area contributed by atoms with Crippen molar-refractivity contribution in [3.8, 4) is 12.3 Å². The van der Waals surface area contributed by atoms with Gasteiger partial charge in [0.2, 0.25) is 5.91 Å². The number of halogens is 1. The van der Waals surface area contributed by atoms with Gasteiger partial charge in [-0.3, -0.25) is 4.79 Å². The number of rotatable bonds is 2. The SMILES string of the molecule is C#CC1CC(=O)N(c2ccc(C(=O)O)cc2Cl)C1. The number of aromatic carboxylic acids is 1. The molecule has 1 aromatic carbocycles. The fraction of sp³-hybridized carbons (Fsp3) is 0.231. The molecule has 0 saturated carbocycles. The first-order valence-electron chi connectivity index (χ1n) is 5.32. The molecule has 1 N–H and O–H groups in total. The van der Waals surface area contributed by atoms with Crippen LogP contribution >= 0.6 is 11.6 Å². The van der Waals surface area contributed by atoms with E-state index >= 15 is 0 Å². The highest BCUT2D eigenvalue weighted by molar-refractivity contribution is 6.34. The van der Waals surface area contributed by atoms with E-state index in [0.29, 0.717) is 18.7 Å². The average Bonchev–Trinajstić information content (AvgIpc) is 2.70. The number of carboxylic acids is 1. The van der Waals surface area contributed by atoms with Crippen molar-refractivity contribution in [2.75, 3.05) is 11.4 Å². The Kier molecular flexibility index (Phi) is 3.26. The van der Waals surface area contributed by atoms with Crippen LogP contribution < -0.4 is 4.90 Å². The third-order valence-electron chi connectivity index (χ3n) is 2.85. The summed E-state index contributed by atoms with van der Waals surface area (Å²) in [7, 11) is 0. The molecule has 1 heterocycles. The summed E-state index contributed by atoms with van der Waals surface area (Å²) in [6.07, 6.45) is 5.60. The molecule has 1 unspecified atom stereocenters. The van der Waals surface area contributed by atoms with Gasteiger partial charge in [0.1, 0.15) is 0 Å². The first-order chi connectivity index (χ1) is 8.52. The molecule has 1 aliphatic rings. The van der Waals surface area contributed by atoms with Crippen LogP contribution in [0.5, 0.6) is 0 Å². The highest BCUT2D eigenvalue weighted by Crippen LogP contribution is 2.31. The van der Waals surface area contributed by atoms with Gasteiger partial charge in [-0.1, -0.05) is 11.6 Å². The van der Waals surface area contributed by atoms with E-state index in [-0.39, 0.29) is 22.4 Å². The number of anilines is 1. The third kappa shape index (κ3) is 2.18. The number of amides is 1. The van der Waals surface area contributed by atoms with Gasteiger partial charge in [0, 0.05) is 18.9 Å². The zero-order valence-corrected chi connectivity index (χ0v) is 10.1. The molecule has 4 nitrogen and oxygen atoms in total. The van der Waals surface area contributed by atoms with Crippen LogP contribution in [-0.2, 0) is 4.79 Å². The minimum Gasteiger partial charge on any atom is -0.478 e. The molecule has 0 radical (unpaired) electrons. The Bertz CT molecular complexity index is 562. The molecule has 1 atom stereocenters.